The van der Waals surface area contributed by atoms with Crippen molar-refractivity contribution in [3.8, 4) is 5.75 Å². The molecule has 2 aromatic rings. The van der Waals surface area contributed by atoms with Crippen LogP contribution in [0.3, 0.4) is 0 Å². The Morgan fingerprint density at radius 3 is 2.20 bits per heavy atom. The molecule has 0 fully saturated rings. The maximum Gasteiger partial charge on any atom is 0.264 e. The van der Waals surface area contributed by atoms with Crippen molar-refractivity contribution in [1.82, 2.24) is 0 Å². The van der Waals surface area contributed by atoms with E-state index in [1.165, 1.54) is 7.11 Å². The smallest absolute Gasteiger partial charge is 0.264 e. The molecule has 2 aromatic carbocycles. The maximum absolute atomic E-state index is 13.2. The number of hydrogen-bond donors (Lipinski definition) is 0. The Labute approximate surface area is 122 Å². The summed E-state index contributed by atoms with van der Waals surface area (Å²) in [5, 5.41) is 1.27. The van der Waals surface area contributed by atoms with Crippen LogP contribution in [0.4, 0.5) is 0 Å². The van der Waals surface area contributed by atoms with E-state index < -0.39 is 7.37 Å². The maximum atomic E-state index is 13.2. The second-order valence-corrected chi connectivity index (χ2v) is 6.44. The van der Waals surface area contributed by atoms with Gasteiger partial charge in [-0.25, -0.2) is 0 Å². The molecule has 103 valence electrons. The third kappa shape index (κ3) is 3.14. The minimum absolute atomic E-state index is 0. The first kappa shape index (κ1) is 16.5. The van der Waals surface area contributed by atoms with E-state index in [1.54, 1.807) is 6.07 Å². The Kier molecular flexibility index (Phi) is 6.06. The summed E-state index contributed by atoms with van der Waals surface area (Å²) >= 11 is 0. The monoisotopic (exact) mass is 287 g/mol. The molecule has 20 heavy (non-hydrogen) atoms. The van der Waals surface area contributed by atoms with Crippen LogP contribution in [0, 0.1) is 0 Å². The number of hydrogen-bond acceptors (Lipinski definition) is 3. The minimum atomic E-state index is -3.10. The van der Waals surface area contributed by atoms with Gasteiger partial charge in [-0.15, -0.1) is 0 Å². The summed E-state index contributed by atoms with van der Waals surface area (Å²) < 4.78 is 24.1. The first-order valence-electron chi connectivity index (χ1n) is 6.16. The zero-order chi connectivity index (χ0) is 13.7. The van der Waals surface area contributed by atoms with Gasteiger partial charge in [0.1, 0.15) is 5.75 Å². The molecule has 0 aliphatic carbocycles. The summed E-state index contributed by atoms with van der Waals surface area (Å²) in [6, 6.07) is 16.5. The lowest BCUT2D eigenvalue weighted by atomic mass is 10.3. The van der Waals surface area contributed by atoms with E-state index in [0.29, 0.717) is 23.0 Å². The Hall–Kier alpha value is -1.51. The first-order chi connectivity index (χ1) is 9.22. The Morgan fingerprint density at radius 1 is 1.00 bits per heavy atom. The van der Waals surface area contributed by atoms with Crippen molar-refractivity contribution in [1.29, 1.82) is 0 Å². The first-order valence-corrected chi connectivity index (χ1v) is 7.78. The van der Waals surface area contributed by atoms with Gasteiger partial charge in [-0.2, -0.15) is 0 Å². The van der Waals surface area contributed by atoms with Crippen molar-refractivity contribution >= 4 is 26.4 Å². The number of rotatable bonds is 5. The van der Waals surface area contributed by atoms with E-state index in [2.05, 4.69) is 0 Å². The molecule has 0 aliphatic heterocycles. The predicted molar refractivity (Wildman–Crippen MR) is 83.7 cm³/mol. The highest BCUT2D eigenvalue weighted by Crippen LogP contribution is 2.46. The van der Waals surface area contributed by atoms with Crippen molar-refractivity contribution < 1.29 is 13.8 Å². The highest BCUT2D eigenvalue weighted by atomic mass is 31.2. The fourth-order valence-electron chi connectivity index (χ4n) is 1.95. The summed E-state index contributed by atoms with van der Waals surface area (Å²) in [5.74, 6) is 0.610. The molecule has 0 N–H and O–H groups in total. The van der Waals surface area contributed by atoms with E-state index >= 15 is 0 Å². The molecular formula is C15H17BO3P. The standard InChI is InChI=1S/C15H17O3P.B/c1-3-18-14-11-7-8-12-15(14)19(16,17-2)13-9-5-4-6-10-13;/h4-12H,3H2,1-2H3;. The molecule has 0 aliphatic rings. The topological polar surface area (TPSA) is 35.5 Å². The van der Waals surface area contributed by atoms with Crippen molar-refractivity contribution in [3.05, 3.63) is 54.6 Å². The minimum Gasteiger partial charge on any atom is -0.493 e. The molecule has 1 unspecified atom stereocenters. The van der Waals surface area contributed by atoms with Gasteiger partial charge in [-0.3, -0.25) is 4.57 Å². The number of ether oxygens (including phenoxy) is 1. The van der Waals surface area contributed by atoms with Gasteiger partial charge >= 0.3 is 0 Å². The van der Waals surface area contributed by atoms with E-state index in [1.807, 2.05) is 55.5 Å². The average molecular weight is 287 g/mol. The summed E-state index contributed by atoms with van der Waals surface area (Å²) in [6.45, 7) is 2.42. The molecule has 3 radical (unpaired) electrons. The quantitative estimate of drug-likeness (QED) is 0.626. The van der Waals surface area contributed by atoms with Crippen LogP contribution in [-0.2, 0) is 9.09 Å². The van der Waals surface area contributed by atoms with Crippen LogP contribution in [0.5, 0.6) is 5.75 Å². The van der Waals surface area contributed by atoms with Gasteiger partial charge in [-0.1, -0.05) is 30.3 Å². The van der Waals surface area contributed by atoms with Gasteiger partial charge < -0.3 is 9.26 Å². The van der Waals surface area contributed by atoms with Gasteiger partial charge in [-0.05, 0) is 31.2 Å². The van der Waals surface area contributed by atoms with Crippen molar-refractivity contribution in [2.45, 2.75) is 6.92 Å². The van der Waals surface area contributed by atoms with Crippen molar-refractivity contribution in [3.63, 3.8) is 0 Å². The lowest BCUT2D eigenvalue weighted by Crippen LogP contribution is -2.19. The van der Waals surface area contributed by atoms with Gasteiger partial charge in [0.15, 0.2) is 0 Å². The second-order valence-electron chi connectivity index (χ2n) is 3.97. The van der Waals surface area contributed by atoms with Crippen LogP contribution in [0.1, 0.15) is 6.92 Å². The van der Waals surface area contributed by atoms with Gasteiger partial charge in [0.25, 0.3) is 7.37 Å². The fraction of sp³-hybridized carbons (Fsp3) is 0.200. The van der Waals surface area contributed by atoms with Crippen LogP contribution < -0.4 is 15.3 Å². The predicted octanol–water partition coefficient (Wildman–Crippen LogP) is 2.58. The Morgan fingerprint density at radius 2 is 1.60 bits per heavy atom. The van der Waals surface area contributed by atoms with E-state index in [4.69, 9.17) is 9.26 Å². The summed E-state index contributed by atoms with van der Waals surface area (Å²) in [6.07, 6.45) is 0. The molecule has 0 aromatic heterocycles. The van der Waals surface area contributed by atoms with E-state index in [0.717, 1.165) is 0 Å². The Bertz CT molecular complexity index is 587. The molecule has 0 saturated carbocycles. The molecule has 5 heteroatoms. The molecule has 0 spiro atoms. The van der Waals surface area contributed by atoms with Crippen LogP contribution in [-0.4, -0.2) is 22.1 Å². The SMILES string of the molecule is CCOc1ccccc1P(=O)(OC)c1ccccc1.[B]. The zero-order valence-corrected chi connectivity index (χ0v) is 12.5. The summed E-state index contributed by atoms with van der Waals surface area (Å²) in [7, 11) is -1.63. The third-order valence-corrected chi connectivity index (χ3v) is 5.33. The second kappa shape index (κ2) is 7.32. The normalized spacial score (nSPS) is 13.1. The van der Waals surface area contributed by atoms with Crippen LogP contribution in [0.2, 0.25) is 0 Å². The molecule has 0 heterocycles. The highest BCUT2D eigenvalue weighted by Gasteiger charge is 2.30. The molecule has 1 atom stereocenters. The van der Waals surface area contributed by atoms with Crippen molar-refractivity contribution in [2.75, 3.05) is 13.7 Å². The van der Waals surface area contributed by atoms with Gasteiger partial charge in [0.05, 0.1) is 11.9 Å². The molecule has 2 rings (SSSR count). The van der Waals surface area contributed by atoms with Crippen molar-refractivity contribution in [2.24, 2.45) is 0 Å². The Balaban J connectivity index is 0.00000200. The molecule has 0 saturated heterocycles. The van der Waals surface area contributed by atoms with Crippen LogP contribution in [0.15, 0.2) is 54.6 Å². The molecule has 0 bridgehead atoms. The molecule has 0 amide bonds. The number of benzene rings is 2. The highest BCUT2D eigenvalue weighted by molar-refractivity contribution is 7.74. The lowest BCUT2D eigenvalue weighted by Gasteiger charge is -2.19. The zero-order valence-electron chi connectivity index (χ0n) is 11.7. The summed E-state index contributed by atoms with van der Waals surface area (Å²) in [4.78, 5) is 0. The van der Waals surface area contributed by atoms with E-state index in [-0.39, 0.29) is 8.41 Å². The fourth-order valence-corrected chi connectivity index (χ4v) is 3.91. The van der Waals surface area contributed by atoms with E-state index in [9.17, 15) is 4.57 Å². The van der Waals surface area contributed by atoms with Crippen LogP contribution in [0.25, 0.3) is 0 Å². The van der Waals surface area contributed by atoms with Gasteiger partial charge in [0.2, 0.25) is 0 Å². The van der Waals surface area contributed by atoms with Crippen LogP contribution >= 0.6 is 7.37 Å². The lowest BCUT2D eigenvalue weighted by molar-refractivity contribution is 0.341. The largest absolute Gasteiger partial charge is 0.493 e. The average Bonchev–Trinajstić information content (AvgIpc) is 2.48. The molecular weight excluding hydrogens is 270 g/mol. The number of para-hydroxylation sites is 1. The van der Waals surface area contributed by atoms with Gasteiger partial charge in [0, 0.05) is 20.8 Å². The third-order valence-electron chi connectivity index (χ3n) is 2.84. The molecule has 3 nitrogen and oxygen atoms in total. The summed E-state index contributed by atoms with van der Waals surface area (Å²) in [5.41, 5.74) is 0.